The van der Waals surface area contributed by atoms with Crippen LogP contribution >= 0.6 is 0 Å². The number of nitrogens with one attached hydrogen (secondary N) is 1. The van der Waals surface area contributed by atoms with E-state index in [1.165, 1.54) is 12.1 Å². The summed E-state index contributed by atoms with van der Waals surface area (Å²) in [5.41, 5.74) is 0.860. The van der Waals surface area contributed by atoms with Gasteiger partial charge < -0.3 is 15.2 Å². The summed E-state index contributed by atoms with van der Waals surface area (Å²) in [5.74, 6) is 0.210. The molecule has 0 bridgehead atoms. The molecule has 1 saturated carbocycles. The molecule has 1 fully saturated rings. The molecule has 1 aromatic carbocycles. The summed E-state index contributed by atoms with van der Waals surface area (Å²) in [7, 11) is 0. The summed E-state index contributed by atoms with van der Waals surface area (Å²) >= 11 is 0. The summed E-state index contributed by atoms with van der Waals surface area (Å²) < 4.78 is 19.1. The van der Waals surface area contributed by atoms with Crippen molar-refractivity contribution in [1.82, 2.24) is 5.32 Å². The van der Waals surface area contributed by atoms with Crippen LogP contribution in [0.25, 0.3) is 0 Å². The van der Waals surface area contributed by atoms with Crippen molar-refractivity contribution >= 4 is 0 Å². The van der Waals surface area contributed by atoms with E-state index in [4.69, 9.17) is 4.74 Å². The number of hydrogen-bond donors (Lipinski definition) is 2. The van der Waals surface area contributed by atoms with Gasteiger partial charge in [-0.2, -0.15) is 0 Å². The Kier molecular flexibility index (Phi) is 4.55. The topological polar surface area (TPSA) is 41.5 Å². The van der Waals surface area contributed by atoms with Gasteiger partial charge in [-0.1, -0.05) is 6.92 Å². The zero-order valence-corrected chi connectivity index (χ0v) is 10.7. The highest BCUT2D eigenvalue weighted by Gasteiger charge is 2.27. The molecule has 0 radical (unpaired) electrons. The van der Waals surface area contributed by atoms with Crippen LogP contribution < -0.4 is 10.1 Å². The number of rotatable bonds is 5. The van der Waals surface area contributed by atoms with Crippen molar-refractivity contribution in [3.8, 4) is 5.75 Å². The summed E-state index contributed by atoms with van der Waals surface area (Å²) in [6.07, 6.45) is 1.94. The van der Waals surface area contributed by atoms with E-state index in [9.17, 15) is 9.50 Å². The Balaban J connectivity index is 2.05. The predicted molar refractivity (Wildman–Crippen MR) is 68.1 cm³/mol. The third kappa shape index (κ3) is 3.43. The Labute approximate surface area is 107 Å². The van der Waals surface area contributed by atoms with Crippen LogP contribution in [0, 0.1) is 5.82 Å². The molecule has 3 nitrogen and oxygen atoms in total. The van der Waals surface area contributed by atoms with E-state index in [0.29, 0.717) is 12.3 Å². The highest BCUT2D eigenvalue weighted by molar-refractivity contribution is 5.30. The van der Waals surface area contributed by atoms with Crippen LogP contribution in [0.3, 0.4) is 0 Å². The molecule has 1 aliphatic carbocycles. The summed E-state index contributed by atoms with van der Waals surface area (Å²) in [6, 6.07) is 4.71. The average Bonchev–Trinajstić information content (AvgIpc) is 2.72. The van der Waals surface area contributed by atoms with Gasteiger partial charge in [0, 0.05) is 12.6 Å². The lowest BCUT2D eigenvalue weighted by Crippen LogP contribution is -2.25. The Morgan fingerprint density at radius 3 is 2.89 bits per heavy atom. The van der Waals surface area contributed by atoms with Crippen LogP contribution in [-0.4, -0.2) is 23.9 Å². The largest absolute Gasteiger partial charge is 0.488 e. The fourth-order valence-corrected chi connectivity index (χ4v) is 2.28. The maximum Gasteiger partial charge on any atom is 0.127 e. The molecule has 0 spiro atoms. The van der Waals surface area contributed by atoms with Crippen LogP contribution in [0.5, 0.6) is 5.75 Å². The quantitative estimate of drug-likeness (QED) is 0.845. The normalized spacial score (nSPS) is 23.3. The first-order chi connectivity index (χ1) is 8.69. The van der Waals surface area contributed by atoms with Gasteiger partial charge in [-0.25, -0.2) is 4.39 Å². The maximum absolute atomic E-state index is 13.5. The van der Waals surface area contributed by atoms with Gasteiger partial charge in [0.1, 0.15) is 17.7 Å². The summed E-state index contributed by atoms with van der Waals surface area (Å²) in [6.45, 7) is 3.47. The van der Waals surface area contributed by atoms with Gasteiger partial charge in [0.25, 0.3) is 0 Å². The lowest BCUT2D eigenvalue weighted by Gasteiger charge is -2.17. The van der Waals surface area contributed by atoms with Crippen LogP contribution in [0.1, 0.15) is 31.7 Å². The highest BCUT2D eigenvalue weighted by atomic mass is 19.1. The number of ether oxygens (including phenoxy) is 1. The number of aliphatic hydroxyl groups is 1. The average molecular weight is 253 g/mol. The van der Waals surface area contributed by atoms with E-state index in [2.05, 4.69) is 5.32 Å². The number of benzene rings is 1. The van der Waals surface area contributed by atoms with Crippen LogP contribution in [0.15, 0.2) is 18.2 Å². The fraction of sp³-hybridized carbons (Fsp3) is 0.571. The minimum absolute atomic E-state index is 0.196. The van der Waals surface area contributed by atoms with Crippen molar-refractivity contribution in [2.45, 2.75) is 44.9 Å². The van der Waals surface area contributed by atoms with Gasteiger partial charge in [0.2, 0.25) is 0 Å². The van der Waals surface area contributed by atoms with Crippen molar-refractivity contribution in [3.63, 3.8) is 0 Å². The molecule has 2 unspecified atom stereocenters. The molecule has 0 aromatic heterocycles. The summed E-state index contributed by atoms with van der Waals surface area (Å²) in [4.78, 5) is 0. The molecule has 4 heteroatoms. The second-order valence-electron chi connectivity index (χ2n) is 4.73. The van der Waals surface area contributed by atoms with E-state index in [0.717, 1.165) is 31.4 Å². The van der Waals surface area contributed by atoms with Gasteiger partial charge in [-0.3, -0.25) is 0 Å². The molecule has 0 heterocycles. The SMILES string of the molecule is CCNCc1cc(F)cc(OC2CCCC2O)c1. The maximum atomic E-state index is 13.5. The standard InChI is InChI=1S/C14H20FNO2/c1-2-16-9-10-6-11(15)8-12(7-10)18-14-5-3-4-13(14)17/h6-8,13-14,16-17H,2-5,9H2,1H3. The Morgan fingerprint density at radius 2 is 2.22 bits per heavy atom. The number of halogens is 1. The minimum Gasteiger partial charge on any atom is -0.488 e. The fourth-order valence-electron chi connectivity index (χ4n) is 2.28. The predicted octanol–water partition coefficient (Wildman–Crippen LogP) is 2.23. The molecule has 2 N–H and O–H groups in total. The van der Waals surface area contributed by atoms with Crippen LogP contribution in [-0.2, 0) is 6.54 Å². The smallest absolute Gasteiger partial charge is 0.127 e. The lowest BCUT2D eigenvalue weighted by atomic mass is 10.2. The van der Waals surface area contributed by atoms with E-state index in [1.54, 1.807) is 0 Å². The van der Waals surface area contributed by atoms with Crippen LogP contribution in [0.2, 0.25) is 0 Å². The molecule has 0 amide bonds. The molecule has 1 aromatic rings. The van der Waals surface area contributed by atoms with Gasteiger partial charge in [0.05, 0.1) is 6.10 Å². The molecule has 1 aliphatic rings. The van der Waals surface area contributed by atoms with Crippen molar-refractivity contribution in [2.24, 2.45) is 0 Å². The van der Waals surface area contributed by atoms with Crippen molar-refractivity contribution in [3.05, 3.63) is 29.6 Å². The zero-order valence-electron chi connectivity index (χ0n) is 10.7. The molecule has 0 aliphatic heterocycles. The molecular formula is C14H20FNO2. The van der Waals surface area contributed by atoms with Crippen molar-refractivity contribution in [2.75, 3.05) is 6.54 Å². The van der Waals surface area contributed by atoms with Crippen molar-refractivity contribution in [1.29, 1.82) is 0 Å². The number of hydrogen-bond acceptors (Lipinski definition) is 3. The van der Waals surface area contributed by atoms with Crippen LogP contribution in [0.4, 0.5) is 4.39 Å². The zero-order chi connectivity index (χ0) is 13.0. The monoisotopic (exact) mass is 253 g/mol. The first-order valence-electron chi connectivity index (χ1n) is 6.54. The lowest BCUT2D eigenvalue weighted by molar-refractivity contribution is 0.0601. The van der Waals surface area contributed by atoms with Gasteiger partial charge >= 0.3 is 0 Å². The Bertz CT molecular complexity index is 397. The molecule has 2 rings (SSSR count). The van der Waals surface area contributed by atoms with E-state index in [-0.39, 0.29) is 11.9 Å². The van der Waals surface area contributed by atoms with Gasteiger partial charge in [-0.05, 0) is 43.5 Å². The number of aliphatic hydroxyl groups excluding tert-OH is 1. The molecule has 18 heavy (non-hydrogen) atoms. The minimum atomic E-state index is -0.425. The third-order valence-electron chi connectivity index (χ3n) is 3.22. The molecular weight excluding hydrogens is 233 g/mol. The van der Waals surface area contributed by atoms with E-state index < -0.39 is 6.10 Å². The van der Waals surface area contributed by atoms with Gasteiger partial charge in [-0.15, -0.1) is 0 Å². The molecule has 2 atom stereocenters. The second-order valence-corrected chi connectivity index (χ2v) is 4.73. The summed E-state index contributed by atoms with van der Waals surface area (Å²) in [5, 5.41) is 12.8. The molecule has 100 valence electrons. The first kappa shape index (κ1) is 13.3. The van der Waals surface area contributed by atoms with Gasteiger partial charge in [0.15, 0.2) is 0 Å². The van der Waals surface area contributed by atoms with E-state index in [1.807, 2.05) is 13.0 Å². The van der Waals surface area contributed by atoms with E-state index >= 15 is 0 Å². The Hall–Kier alpha value is -1.13. The Morgan fingerprint density at radius 1 is 1.39 bits per heavy atom. The van der Waals surface area contributed by atoms with Crippen molar-refractivity contribution < 1.29 is 14.2 Å². The molecule has 0 saturated heterocycles. The third-order valence-corrected chi connectivity index (χ3v) is 3.22. The highest BCUT2D eigenvalue weighted by Crippen LogP contribution is 2.26. The first-order valence-corrected chi connectivity index (χ1v) is 6.54. The second kappa shape index (κ2) is 6.16.